The van der Waals surface area contributed by atoms with Crippen LogP contribution in [0.3, 0.4) is 0 Å². The lowest BCUT2D eigenvalue weighted by molar-refractivity contribution is 0.414. The second-order valence-electron chi connectivity index (χ2n) is 6.29. The molecule has 0 fully saturated rings. The standard InChI is InChI=1S/C21H17ClN2O4S2/c1-27-16-8-4-14(5-9-16)13-23-20-21(24-19(28-20)18-3-2-12-29-18)30(25,26)17-10-6-15(22)7-11-17/h2-12,23H,13H2,1H3. The van der Waals surface area contributed by atoms with E-state index in [0.29, 0.717) is 11.6 Å². The summed E-state index contributed by atoms with van der Waals surface area (Å²) in [6.07, 6.45) is 0. The molecule has 2 aromatic heterocycles. The lowest BCUT2D eigenvalue weighted by atomic mass is 10.2. The van der Waals surface area contributed by atoms with E-state index in [-0.39, 0.29) is 21.7 Å². The number of anilines is 1. The van der Waals surface area contributed by atoms with Crippen molar-refractivity contribution < 1.29 is 17.6 Å². The molecular formula is C21H17ClN2O4S2. The third-order valence-electron chi connectivity index (χ3n) is 4.32. The summed E-state index contributed by atoms with van der Waals surface area (Å²) in [4.78, 5) is 5.13. The molecule has 30 heavy (non-hydrogen) atoms. The SMILES string of the molecule is COc1ccc(CNc2oc(-c3cccs3)nc2S(=O)(=O)c2ccc(Cl)cc2)cc1. The van der Waals surface area contributed by atoms with Gasteiger partial charge in [0.15, 0.2) is 0 Å². The average Bonchev–Trinajstić information content (AvgIpc) is 3.43. The van der Waals surface area contributed by atoms with Gasteiger partial charge in [0.25, 0.3) is 0 Å². The monoisotopic (exact) mass is 460 g/mol. The van der Waals surface area contributed by atoms with E-state index in [9.17, 15) is 8.42 Å². The van der Waals surface area contributed by atoms with Crippen molar-refractivity contribution in [2.24, 2.45) is 0 Å². The molecule has 0 aliphatic rings. The molecule has 0 aliphatic carbocycles. The Kier molecular flexibility index (Phi) is 5.80. The quantitative estimate of drug-likeness (QED) is 0.391. The van der Waals surface area contributed by atoms with Crippen LogP contribution in [0.2, 0.25) is 5.02 Å². The van der Waals surface area contributed by atoms with Crippen LogP contribution in [0.4, 0.5) is 5.88 Å². The zero-order chi connectivity index (χ0) is 21.1. The number of rotatable bonds is 7. The molecule has 2 aromatic carbocycles. The topological polar surface area (TPSA) is 81.4 Å². The van der Waals surface area contributed by atoms with Gasteiger partial charge in [-0.2, -0.15) is 4.98 Å². The van der Waals surface area contributed by atoms with Crippen LogP contribution in [0, 0.1) is 0 Å². The maximum atomic E-state index is 13.2. The van der Waals surface area contributed by atoms with E-state index in [1.807, 2.05) is 41.8 Å². The first-order chi connectivity index (χ1) is 14.5. The Bertz CT molecular complexity index is 1230. The van der Waals surface area contributed by atoms with E-state index < -0.39 is 9.84 Å². The smallest absolute Gasteiger partial charge is 0.240 e. The van der Waals surface area contributed by atoms with E-state index in [0.717, 1.165) is 16.2 Å². The molecule has 0 unspecified atom stereocenters. The number of ether oxygens (including phenoxy) is 1. The summed E-state index contributed by atoms with van der Waals surface area (Å²) in [5.74, 6) is 1.07. The first-order valence-corrected chi connectivity index (χ1v) is 11.6. The van der Waals surface area contributed by atoms with Crippen LogP contribution >= 0.6 is 22.9 Å². The fraction of sp³-hybridized carbons (Fsp3) is 0.0952. The summed E-state index contributed by atoms with van der Waals surface area (Å²) < 4.78 is 37.4. The molecule has 6 nitrogen and oxygen atoms in total. The van der Waals surface area contributed by atoms with Crippen molar-refractivity contribution in [2.45, 2.75) is 16.5 Å². The average molecular weight is 461 g/mol. The molecule has 154 valence electrons. The zero-order valence-corrected chi connectivity index (χ0v) is 18.2. The molecule has 0 spiro atoms. The summed E-state index contributed by atoms with van der Waals surface area (Å²) in [6.45, 7) is 0.353. The first kappa shape index (κ1) is 20.5. The molecule has 4 aromatic rings. The van der Waals surface area contributed by atoms with E-state index in [4.69, 9.17) is 20.8 Å². The van der Waals surface area contributed by atoms with Gasteiger partial charge < -0.3 is 14.5 Å². The predicted molar refractivity (Wildman–Crippen MR) is 117 cm³/mol. The minimum atomic E-state index is -3.91. The molecule has 0 aliphatic heterocycles. The number of hydrogen-bond acceptors (Lipinski definition) is 7. The number of aromatic nitrogens is 1. The van der Waals surface area contributed by atoms with Gasteiger partial charge >= 0.3 is 0 Å². The normalized spacial score (nSPS) is 11.4. The number of sulfone groups is 1. The molecular weight excluding hydrogens is 444 g/mol. The number of oxazole rings is 1. The molecule has 4 rings (SSSR count). The maximum Gasteiger partial charge on any atom is 0.240 e. The third kappa shape index (κ3) is 4.21. The van der Waals surface area contributed by atoms with Gasteiger partial charge in [0, 0.05) is 11.6 Å². The third-order valence-corrected chi connectivity index (χ3v) is 7.11. The maximum absolute atomic E-state index is 13.2. The molecule has 0 saturated carbocycles. The fourth-order valence-electron chi connectivity index (χ4n) is 2.76. The Morgan fingerprint density at radius 1 is 1.10 bits per heavy atom. The molecule has 0 bridgehead atoms. The highest BCUT2D eigenvalue weighted by Gasteiger charge is 2.28. The molecule has 1 N–H and O–H groups in total. The summed E-state index contributed by atoms with van der Waals surface area (Å²) in [5, 5.41) is 5.22. The number of methoxy groups -OCH3 is 1. The minimum Gasteiger partial charge on any atom is -0.497 e. The highest BCUT2D eigenvalue weighted by molar-refractivity contribution is 7.91. The van der Waals surface area contributed by atoms with E-state index in [1.165, 1.54) is 35.6 Å². The van der Waals surface area contributed by atoms with Crippen LogP contribution in [0.1, 0.15) is 5.56 Å². The molecule has 0 atom stereocenters. The van der Waals surface area contributed by atoms with E-state index in [1.54, 1.807) is 7.11 Å². The second-order valence-corrected chi connectivity index (χ2v) is 9.54. The number of thiophene rings is 1. The van der Waals surface area contributed by atoms with Crippen molar-refractivity contribution in [3.63, 3.8) is 0 Å². The van der Waals surface area contributed by atoms with E-state index in [2.05, 4.69) is 10.3 Å². The van der Waals surface area contributed by atoms with Gasteiger partial charge in [-0.3, -0.25) is 0 Å². The lowest BCUT2D eigenvalue weighted by Crippen LogP contribution is -2.07. The Balaban J connectivity index is 1.70. The summed E-state index contributed by atoms with van der Waals surface area (Å²) in [7, 11) is -2.31. The van der Waals surface area contributed by atoms with Crippen molar-refractivity contribution in [1.29, 1.82) is 0 Å². The number of halogens is 1. The van der Waals surface area contributed by atoms with Crippen molar-refractivity contribution in [3.05, 3.63) is 76.6 Å². The van der Waals surface area contributed by atoms with Crippen molar-refractivity contribution in [1.82, 2.24) is 4.98 Å². The van der Waals surface area contributed by atoms with Gasteiger partial charge in [-0.05, 0) is 53.4 Å². The van der Waals surface area contributed by atoms with Crippen molar-refractivity contribution in [2.75, 3.05) is 12.4 Å². The first-order valence-electron chi connectivity index (χ1n) is 8.89. The van der Waals surface area contributed by atoms with Crippen LogP contribution in [0.15, 0.2) is 80.4 Å². The summed E-state index contributed by atoms with van der Waals surface area (Å²) in [5.41, 5.74) is 0.930. The summed E-state index contributed by atoms with van der Waals surface area (Å²) in [6, 6.07) is 17.1. The van der Waals surface area contributed by atoms with E-state index >= 15 is 0 Å². The zero-order valence-electron chi connectivity index (χ0n) is 15.8. The highest BCUT2D eigenvalue weighted by Crippen LogP contribution is 2.34. The van der Waals surface area contributed by atoms with Gasteiger partial charge in [0.2, 0.25) is 26.6 Å². The highest BCUT2D eigenvalue weighted by atomic mass is 35.5. The van der Waals surface area contributed by atoms with Crippen LogP contribution in [-0.4, -0.2) is 20.5 Å². The molecule has 0 amide bonds. The minimum absolute atomic E-state index is 0.0872. The Morgan fingerprint density at radius 2 is 1.83 bits per heavy atom. The van der Waals surface area contributed by atoms with Crippen LogP contribution < -0.4 is 10.1 Å². The molecule has 9 heteroatoms. The second kappa shape index (κ2) is 8.51. The Labute approximate surface area is 183 Å². The van der Waals surface area contributed by atoms with Gasteiger partial charge in [-0.25, -0.2) is 8.42 Å². The summed E-state index contributed by atoms with van der Waals surface area (Å²) >= 11 is 7.32. The number of hydrogen-bond donors (Lipinski definition) is 1. The fourth-order valence-corrected chi connectivity index (χ4v) is 4.81. The number of nitrogens with one attached hydrogen (secondary N) is 1. The van der Waals surface area contributed by atoms with Gasteiger partial charge in [0.1, 0.15) is 5.75 Å². The van der Waals surface area contributed by atoms with Crippen molar-refractivity contribution >= 4 is 38.7 Å². The van der Waals surface area contributed by atoms with Crippen LogP contribution in [0.5, 0.6) is 5.75 Å². The van der Waals surface area contributed by atoms with Gasteiger partial charge in [-0.1, -0.05) is 29.8 Å². The van der Waals surface area contributed by atoms with Crippen molar-refractivity contribution in [3.8, 4) is 16.5 Å². The lowest BCUT2D eigenvalue weighted by Gasteiger charge is -2.07. The van der Waals surface area contributed by atoms with Crippen LogP contribution in [-0.2, 0) is 16.4 Å². The van der Waals surface area contributed by atoms with Gasteiger partial charge in [0.05, 0.1) is 16.9 Å². The largest absolute Gasteiger partial charge is 0.497 e. The molecule has 2 heterocycles. The Morgan fingerprint density at radius 3 is 2.47 bits per heavy atom. The number of nitrogens with zero attached hydrogens (tertiary/aromatic N) is 1. The molecule has 0 saturated heterocycles. The predicted octanol–water partition coefficient (Wildman–Crippen LogP) is 5.51. The Hall–Kier alpha value is -2.81. The van der Waals surface area contributed by atoms with Gasteiger partial charge in [-0.15, -0.1) is 11.3 Å². The number of benzene rings is 2. The molecule has 0 radical (unpaired) electrons. The van der Waals surface area contributed by atoms with Crippen LogP contribution in [0.25, 0.3) is 10.8 Å².